The first-order valence-electron chi connectivity index (χ1n) is 1.84. The number of ketones is 1. The van der Waals surface area contributed by atoms with Crippen LogP contribution in [0.1, 0.15) is 0 Å². The molecule has 0 bridgehead atoms. The largest absolute Gasteiger partial charge is 0.292 e. The standard InChI is InChI=1S/C3Br5ClO/c4-2(5,6)1(10)3(7,8)9. The van der Waals surface area contributed by atoms with Crippen LogP contribution < -0.4 is 0 Å². The lowest BCUT2D eigenvalue weighted by Crippen LogP contribution is -2.29. The Bertz CT molecular complexity index is 128. The van der Waals surface area contributed by atoms with Crippen molar-refractivity contribution in [3.05, 3.63) is 0 Å². The predicted octanol–water partition coefficient (Wildman–Crippen LogP) is 4.08. The molecule has 10 heavy (non-hydrogen) atoms. The minimum absolute atomic E-state index is 0.332. The quantitative estimate of drug-likeness (QED) is 0.510. The van der Waals surface area contributed by atoms with E-state index in [0.29, 0.717) is 0 Å². The normalized spacial score (nSPS) is 13.4. The first kappa shape index (κ1) is 12.4. The summed E-state index contributed by atoms with van der Waals surface area (Å²) in [6, 6.07) is 0. The van der Waals surface area contributed by atoms with Crippen LogP contribution in [0.5, 0.6) is 0 Å². The summed E-state index contributed by atoms with van der Waals surface area (Å²) in [7, 11) is 0. The highest BCUT2D eigenvalue weighted by Gasteiger charge is 2.42. The Morgan fingerprint density at radius 1 is 1.10 bits per heavy atom. The average molecular weight is 487 g/mol. The number of alkyl halides is 6. The molecule has 0 aliphatic heterocycles. The van der Waals surface area contributed by atoms with Crippen molar-refractivity contribution in [3.8, 4) is 0 Å². The number of halogens is 6. The van der Waals surface area contributed by atoms with Crippen LogP contribution in [0.3, 0.4) is 0 Å². The summed E-state index contributed by atoms with van der Waals surface area (Å²) in [6.07, 6.45) is 0. The minimum Gasteiger partial charge on any atom is -0.292 e. The number of hydrogen-bond donors (Lipinski definition) is 0. The minimum atomic E-state index is -1.24. The number of carbonyl (C=O) groups excluding carboxylic acids is 1. The number of Topliss-reactive ketones (excluding diaryl/α,β-unsaturated/α-hetero) is 1. The van der Waals surface area contributed by atoms with Gasteiger partial charge in [0.15, 0.2) is 2.14 Å². The fourth-order valence-electron chi connectivity index (χ4n) is 0.161. The molecule has 1 nitrogen and oxygen atoms in total. The Kier molecular flexibility index (Phi) is 5.00. The summed E-state index contributed by atoms with van der Waals surface area (Å²) in [5.41, 5.74) is 0. The molecule has 0 spiro atoms. The molecule has 0 rings (SSSR count). The van der Waals surface area contributed by atoms with Crippen LogP contribution in [-0.2, 0) is 4.79 Å². The molecule has 0 fully saturated rings. The molecule has 0 saturated heterocycles. The molecule has 0 aliphatic rings. The monoisotopic (exact) mass is 482 g/mol. The first-order chi connectivity index (χ1) is 4.15. The van der Waals surface area contributed by atoms with Crippen LogP contribution in [0.2, 0.25) is 0 Å². The van der Waals surface area contributed by atoms with Gasteiger partial charge in [-0.25, -0.2) is 0 Å². The van der Waals surface area contributed by atoms with Gasteiger partial charge >= 0.3 is 0 Å². The van der Waals surface area contributed by atoms with Gasteiger partial charge in [-0.15, -0.1) is 0 Å². The van der Waals surface area contributed by atoms with Crippen LogP contribution >= 0.6 is 91.3 Å². The zero-order valence-corrected chi connectivity index (χ0v) is 12.9. The fraction of sp³-hybridized carbons (Fsp3) is 0.667. The molecule has 0 amide bonds. The first-order valence-corrected chi connectivity index (χ1v) is 6.18. The van der Waals surface area contributed by atoms with Crippen molar-refractivity contribution in [2.24, 2.45) is 0 Å². The molecule has 0 radical (unpaired) electrons. The molecule has 0 aromatic rings. The van der Waals surface area contributed by atoms with Gasteiger partial charge in [-0.1, -0.05) is 59.4 Å². The maximum absolute atomic E-state index is 11.1. The lowest BCUT2D eigenvalue weighted by molar-refractivity contribution is -0.116. The van der Waals surface area contributed by atoms with Crippen molar-refractivity contribution in [3.63, 3.8) is 0 Å². The lowest BCUT2D eigenvalue weighted by atomic mass is 10.5. The van der Waals surface area contributed by atoms with Crippen LogP contribution in [0.4, 0.5) is 0 Å². The second kappa shape index (κ2) is 4.05. The smallest absolute Gasteiger partial charge is 0.214 e. The lowest BCUT2D eigenvalue weighted by Gasteiger charge is -2.16. The highest BCUT2D eigenvalue weighted by molar-refractivity contribution is 9.40. The van der Waals surface area contributed by atoms with E-state index in [9.17, 15) is 4.79 Å². The third-order valence-corrected chi connectivity index (χ3v) is 2.49. The Hall–Kier alpha value is 2.36. The molecule has 60 valence electrons. The maximum atomic E-state index is 11.1. The highest BCUT2D eigenvalue weighted by Crippen LogP contribution is 2.45. The fourth-order valence-corrected chi connectivity index (χ4v) is 3.73. The van der Waals surface area contributed by atoms with E-state index < -0.39 is 4.84 Å². The Balaban J connectivity index is 4.40. The van der Waals surface area contributed by atoms with Crippen molar-refractivity contribution in [1.29, 1.82) is 0 Å². The third kappa shape index (κ3) is 4.40. The highest BCUT2D eigenvalue weighted by atomic mass is 80.0. The average Bonchev–Trinajstić information content (AvgIpc) is 1.59. The molecule has 7 heteroatoms. The van der Waals surface area contributed by atoms with Gasteiger partial charge < -0.3 is 0 Å². The van der Waals surface area contributed by atoms with Gasteiger partial charge in [-0.05, 0) is 31.9 Å². The predicted molar refractivity (Wildman–Crippen MR) is 61.0 cm³/mol. The third-order valence-electron chi connectivity index (χ3n) is 0.515. The van der Waals surface area contributed by atoms with E-state index >= 15 is 0 Å². The molecule has 0 unspecified atom stereocenters. The molecular formula is C3Br5ClO. The summed E-state index contributed by atoms with van der Waals surface area (Å²) >= 11 is 20.5. The summed E-state index contributed by atoms with van der Waals surface area (Å²) in [4.78, 5) is 11.1. The van der Waals surface area contributed by atoms with E-state index in [1.807, 2.05) is 0 Å². The number of rotatable bonds is 1. The van der Waals surface area contributed by atoms with Crippen molar-refractivity contribution in [2.45, 2.75) is 4.84 Å². The summed E-state index contributed by atoms with van der Waals surface area (Å²) in [5, 5.41) is 0. The van der Waals surface area contributed by atoms with Crippen molar-refractivity contribution in [1.82, 2.24) is 0 Å². The van der Waals surface area contributed by atoms with Crippen molar-refractivity contribution in [2.75, 3.05) is 0 Å². The van der Waals surface area contributed by atoms with Crippen molar-refractivity contribution < 1.29 is 4.79 Å². The van der Waals surface area contributed by atoms with E-state index in [2.05, 4.69) is 79.6 Å². The van der Waals surface area contributed by atoms with Crippen LogP contribution in [0.15, 0.2) is 0 Å². The molecule has 0 saturated carbocycles. The molecule has 0 N–H and O–H groups in total. The van der Waals surface area contributed by atoms with Gasteiger partial charge in [0.1, 0.15) is 0 Å². The topological polar surface area (TPSA) is 17.1 Å². The van der Waals surface area contributed by atoms with Crippen LogP contribution in [0.25, 0.3) is 0 Å². The van der Waals surface area contributed by atoms with E-state index in [1.165, 1.54) is 0 Å². The van der Waals surface area contributed by atoms with E-state index in [-0.39, 0.29) is 5.78 Å². The molecule has 0 aliphatic carbocycles. The molecule has 0 aromatic heterocycles. The zero-order chi connectivity index (χ0) is 8.58. The summed E-state index contributed by atoms with van der Waals surface area (Å²) < 4.78 is -2.22. The number of hydrogen-bond acceptors (Lipinski definition) is 1. The molecule has 0 aromatic carbocycles. The van der Waals surface area contributed by atoms with Gasteiger partial charge in [0.05, 0.1) is 0 Å². The maximum Gasteiger partial charge on any atom is 0.214 e. The Morgan fingerprint density at radius 2 is 1.40 bits per heavy atom. The summed E-state index contributed by atoms with van der Waals surface area (Å²) in [6.45, 7) is 0. The Morgan fingerprint density at radius 3 is 1.40 bits per heavy atom. The SMILES string of the molecule is O=C(C(Cl)(Br)Br)C(Br)(Br)Br. The van der Waals surface area contributed by atoms with E-state index in [1.54, 1.807) is 0 Å². The van der Waals surface area contributed by atoms with Gasteiger partial charge in [0.2, 0.25) is 8.48 Å². The molecular weight excluding hydrogens is 487 g/mol. The zero-order valence-electron chi connectivity index (χ0n) is 4.18. The summed E-state index contributed by atoms with van der Waals surface area (Å²) in [5.74, 6) is -0.332. The van der Waals surface area contributed by atoms with Gasteiger partial charge in [-0.2, -0.15) is 0 Å². The number of carbonyl (C=O) groups is 1. The van der Waals surface area contributed by atoms with Crippen LogP contribution in [-0.4, -0.2) is 10.6 Å². The van der Waals surface area contributed by atoms with Gasteiger partial charge in [0.25, 0.3) is 0 Å². The van der Waals surface area contributed by atoms with Crippen molar-refractivity contribution >= 4 is 97.0 Å². The second-order valence-corrected chi connectivity index (χ2v) is 13.0. The molecule has 0 atom stereocenters. The molecule has 0 heterocycles. The van der Waals surface area contributed by atoms with E-state index in [0.717, 1.165) is 0 Å². The van der Waals surface area contributed by atoms with Gasteiger partial charge in [-0.3, -0.25) is 4.79 Å². The van der Waals surface area contributed by atoms with Crippen LogP contribution in [0, 0.1) is 0 Å². The second-order valence-electron chi connectivity index (χ2n) is 1.32. The Labute approximate surface area is 105 Å². The van der Waals surface area contributed by atoms with Gasteiger partial charge in [0, 0.05) is 0 Å². The van der Waals surface area contributed by atoms with E-state index in [4.69, 9.17) is 11.6 Å².